The van der Waals surface area contributed by atoms with Gasteiger partial charge in [0.2, 0.25) is 5.95 Å². The molecular formula is C19H34N8O. The van der Waals surface area contributed by atoms with Crippen molar-refractivity contribution in [2.24, 2.45) is 4.99 Å². The van der Waals surface area contributed by atoms with Crippen LogP contribution in [0.1, 0.15) is 6.42 Å². The predicted molar refractivity (Wildman–Crippen MR) is 112 cm³/mol. The summed E-state index contributed by atoms with van der Waals surface area (Å²) in [5.74, 6) is 1.73. The molecule has 0 saturated carbocycles. The van der Waals surface area contributed by atoms with Gasteiger partial charge in [-0.25, -0.2) is 9.97 Å². The molecule has 2 aliphatic heterocycles. The van der Waals surface area contributed by atoms with Crippen LogP contribution >= 0.6 is 0 Å². The molecule has 2 N–H and O–H groups in total. The fourth-order valence-electron chi connectivity index (χ4n) is 3.51. The lowest BCUT2D eigenvalue weighted by Crippen LogP contribution is -2.48. The van der Waals surface area contributed by atoms with Crippen LogP contribution in [-0.2, 0) is 4.74 Å². The van der Waals surface area contributed by atoms with Crippen molar-refractivity contribution >= 4 is 11.9 Å². The molecule has 1 aromatic heterocycles. The highest BCUT2D eigenvalue weighted by Crippen LogP contribution is 2.09. The molecule has 2 saturated heterocycles. The zero-order valence-corrected chi connectivity index (χ0v) is 17.0. The van der Waals surface area contributed by atoms with Crippen LogP contribution in [0.2, 0.25) is 0 Å². The Labute approximate surface area is 168 Å². The summed E-state index contributed by atoms with van der Waals surface area (Å²) < 4.78 is 5.38. The first-order valence-electron chi connectivity index (χ1n) is 10.3. The van der Waals surface area contributed by atoms with Crippen LogP contribution in [0.3, 0.4) is 0 Å². The molecule has 0 spiro atoms. The molecule has 2 aliphatic rings. The monoisotopic (exact) mass is 390 g/mol. The lowest BCUT2D eigenvalue weighted by molar-refractivity contribution is 0.0389. The molecule has 0 atom stereocenters. The highest BCUT2D eigenvalue weighted by Gasteiger charge is 2.18. The minimum Gasteiger partial charge on any atom is -0.379 e. The minimum absolute atomic E-state index is 0.843. The number of hydrogen-bond donors (Lipinski definition) is 2. The minimum atomic E-state index is 0.843. The number of aliphatic imine (C=N–C) groups is 1. The lowest BCUT2D eigenvalue weighted by Gasteiger charge is -2.34. The van der Waals surface area contributed by atoms with E-state index in [1.807, 2.05) is 25.5 Å². The van der Waals surface area contributed by atoms with Crippen LogP contribution in [0.4, 0.5) is 5.95 Å². The average Bonchev–Trinajstić information content (AvgIpc) is 2.77. The van der Waals surface area contributed by atoms with E-state index in [1.165, 1.54) is 0 Å². The molecular weight excluding hydrogens is 356 g/mol. The summed E-state index contributed by atoms with van der Waals surface area (Å²) in [4.78, 5) is 20.2. The number of piperazine rings is 1. The second kappa shape index (κ2) is 11.8. The summed E-state index contributed by atoms with van der Waals surface area (Å²) in [6.07, 6.45) is 4.72. The number of nitrogens with one attached hydrogen (secondary N) is 2. The van der Waals surface area contributed by atoms with Gasteiger partial charge in [0.15, 0.2) is 5.96 Å². The zero-order valence-electron chi connectivity index (χ0n) is 17.0. The normalized spacial score (nSPS) is 19.6. The first kappa shape index (κ1) is 20.8. The van der Waals surface area contributed by atoms with Crippen molar-refractivity contribution in [2.45, 2.75) is 6.42 Å². The molecule has 0 amide bonds. The summed E-state index contributed by atoms with van der Waals surface area (Å²) in [7, 11) is 1.83. The molecule has 156 valence electrons. The third-order valence-corrected chi connectivity index (χ3v) is 5.20. The van der Waals surface area contributed by atoms with Gasteiger partial charge in [0.25, 0.3) is 0 Å². The molecule has 3 heterocycles. The molecule has 3 rings (SSSR count). The molecule has 0 aliphatic carbocycles. The lowest BCUT2D eigenvalue weighted by atomic mass is 10.3. The van der Waals surface area contributed by atoms with Gasteiger partial charge in [-0.05, 0) is 19.0 Å². The quantitative estimate of drug-likeness (QED) is 0.349. The molecule has 2 fully saturated rings. The second-order valence-electron chi connectivity index (χ2n) is 7.11. The van der Waals surface area contributed by atoms with Gasteiger partial charge < -0.3 is 20.3 Å². The van der Waals surface area contributed by atoms with Crippen LogP contribution in [0, 0.1) is 0 Å². The fourth-order valence-corrected chi connectivity index (χ4v) is 3.51. The van der Waals surface area contributed by atoms with E-state index in [-0.39, 0.29) is 0 Å². The van der Waals surface area contributed by atoms with E-state index in [0.717, 1.165) is 97.0 Å². The number of anilines is 1. The van der Waals surface area contributed by atoms with Crippen molar-refractivity contribution in [3.63, 3.8) is 0 Å². The second-order valence-corrected chi connectivity index (χ2v) is 7.11. The van der Waals surface area contributed by atoms with Crippen molar-refractivity contribution in [3.05, 3.63) is 18.5 Å². The smallest absolute Gasteiger partial charge is 0.225 e. The number of rotatable bonds is 8. The molecule has 28 heavy (non-hydrogen) atoms. The third kappa shape index (κ3) is 6.88. The van der Waals surface area contributed by atoms with Crippen molar-refractivity contribution < 1.29 is 4.74 Å². The van der Waals surface area contributed by atoms with E-state index in [1.54, 1.807) is 0 Å². The predicted octanol–water partition coefficient (Wildman–Crippen LogP) is -0.514. The van der Waals surface area contributed by atoms with E-state index in [9.17, 15) is 0 Å². The van der Waals surface area contributed by atoms with E-state index in [2.05, 4.69) is 40.3 Å². The number of guanidine groups is 1. The molecule has 0 bridgehead atoms. The van der Waals surface area contributed by atoms with Gasteiger partial charge in [0, 0.05) is 78.3 Å². The van der Waals surface area contributed by atoms with Crippen molar-refractivity contribution in [3.8, 4) is 0 Å². The van der Waals surface area contributed by atoms with Crippen molar-refractivity contribution in [2.75, 3.05) is 90.6 Å². The Morgan fingerprint density at radius 3 is 2.36 bits per heavy atom. The van der Waals surface area contributed by atoms with E-state index >= 15 is 0 Å². The zero-order chi connectivity index (χ0) is 19.4. The summed E-state index contributed by atoms with van der Waals surface area (Å²) >= 11 is 0. The first-order valence-corrected chi connectivity index (χ1v) is 10.3. The molecule has 1 aromatic rings. The van der Waals surface area contributed by atoms with Crippen LogP contribution in [0.25, 0.3) is 0 Å². The number of morpholine rings is 1. The molecule has 0 unspecified atom stereocenters. The average molecular weight is 391 g/mol. The van der Waals surface area contributed by atoms with Crippen molar-refractivity contribution in [1.82, 2.24) is 30.4 Å². The van der Waals surface area contributed by atoms with Crippen molar-refractivity contribution in [1.29, 1.82) is 0 Å². The van der Waals surface area contributed by atoms with Crippen LogP contribution in [0.5, 0.6) is 0 Å². The maximum absolute atomic E-state index is 5.38. The fraction of sp³-hybridized carbons (Fsp3) is 0.737. The van der Waals surface area contributed by atoms with E-state index in [0.29, 0.717) is 0 Å². The highest BCUT2D eigenvalue weighted by molar-refractivity contribution is 5.79. The largest absolute Gasteiger partial charge is 0.379 e. The van der Waals surface area contributed by atoms with Gasteiger partial charge in [-0.15, -0.1) is 0 Å². The SMILES string of the molecule is CN=C(NCCCN1CCN(c2ncccn2)CC1)NCCN1CCOCC1. The Bertz CT molecular complexity index is 571. The molecule has 9 heteroatoms. The van der Waals surface area contributed by atoms with E-state index < -0.39 is 0 Å². The number of ether oxygens (including phenoxy) is 1. The standard InChI is InChI=1S/C19H34N8O/c1-20-18(22-7-9-26-14-16-28-17-15-26)21-6-3-8-25-10-12-27(13-11-25)19-23-4-2-5-24-19/h2,4-5H,3,6-17H2,1H3,(H2,20,21,22). The molecule has 9 nitrogen and oxygen atoms in total. The topological polar surface area (TPSA) is 81.2 Å². The van der Waals surface area contributed by atoms with Crippen LogP contribution in [0.15, 0.2) is 23.5 Å². The first-order chi connectivity index (χ1) is 13.8. The number of hydrogen-bond acceptors (Lipinski definition) is 7. The van der Waals surface area contributed by atoms with Gasteiger partial charge in [0.05, 0.1) is 13.2 Å². The van der Waals surface area contributed by atoms with Gasteiger partial charge in [0.1, 0.15) is 0 Å². The molecule has 0 aromatic carbocycles. The summed E-state index contributed by atoms with van der Waals surface area (Å²) in [5.41, 5.74) is 0. The van der Waals surface area contributed by atoms with Gasteiger partial charge >= 0.3 is 0 Å². The Hall–Kier alpha value is -1.97. The summed E-state index contributed by atoms with van der Waals surface area (Å²) in [5, 5.41) is 6.82. The molecule has 0 radical (unpaired) electrons. The van der Waals surface area contributed by atoms with Crippen LogP contribution in [-0.4, -0.2) is 111 Å². The number of aromatic nitrogens is 2. The van der Waals surface area contributed by atoms with Crippen LogP contribution < -0.4 is 15.5 Å². The van der Waals surface area contributed by atoms with Gasteiger partial charge in [-0.3, -0.25) is 14.8 Å². The highest BCUT2D eigenvalue weighted by atomic mass is 16.5. The van der Waals surface area contributed by atoms with Gasteiger partial charge in [-0.1, -0.05) is 0 Å². The summed E-state index contributed by atoms with van der Waals surface area (Å²) in [6, 6.07) is 1.86. The maximum atomic E-state index is 5.38. The maximum Gasteiger partial charge on any atom is 0.225 e. The Balaban J connectivity index is 1.24. The van der Waals surface area contributed by atoms with E-state index in [4.69, 9.17) is 4.74 Å². The third-order valence-electron chi connectivity index (χ3n) is 5.20. The Kier molecular flexibility index (Phi) is 8.73. The Morgan fingerprint density at radius 2 is 1.64 bits per heavy atom. The summed E-state index contributed by atoms with van der Waals surface area (Å²) in [6.45, 7) is 11.8. The number of nitrogens with zero attached hydrogens (tertiary/aromatic N) is 6. The Morgan fingerprint density at radius 1 is 0.964 bits per heavy atom. The van der Waals surface area contributed by atoms with Gasteiger partial charge in [-0.2, -0.15) is 0 Å².